The number of carbonyl (C=O) groups excluding carboxylic acids is 2. The van der Waals surface area contributed by atoms with E-state index < -0.39 is 6.04 Å². The molecule has 0 bridgehead atoms. The van der Waals surface area contributed by atoms with Gasteiger partial charge in [0.15, 0.2) is 0 Å². The first kappa shape index (κ1) is 26.7. The second kappa shape index (κ2) is 13.2. The Morgan fingerprint density at radius 3 is 2.22 bits per heavy atom. The summed E-state index contributed by atoms with van der Waals surface area (Å²) in [6.45, 7) is 4.55. The lowest BCUT2D eigenvalue weighted by Gasteiger charge is -2.33. The van der Waals surface area contributed by atoms with Crippen LogP contribution in [0.2, 0.25) is 0 Å². The van der Waals surface area contributed by atoms with E-state index in [0.29, 0.717) is 25.8 Å². The van der Waals surface area contributed by atoms with Crippen LogP contribution in [0, 0.1) is 13.8 Å². The molecule has 3 aromatic carbocycles. The standard InChI is InChI=1S/C33H40N2O2/c1-25-16-18-27(19-17-25)20-21-32(36)35(24-29-13-9-10-26(2)22-29)31(23-28-11-5-3-6-12-28)33(37)34-30-14-7-4-8-15-30/h3,5-6,9-13,16-19,22,30-31H,4,7-8,14-15,20-21,23-24H2,1-2H3,(H,34,37)/t31-/m0/s1. The van der Waals surface area contributed by atoms with Gasteiger partial charge in [-0.2, -0.15) is 0 Å². The fraction of sp³-hybridized carbons (Fsp3) is 0.394. The zero-order valence-electron chi connectivity index (χ0n) is 22.3. The molecule has 4 nitrogen and oxygen atoms in total. The summed E-state index contributed by atoms with van der Waals surface area (Å²) < 4.78 is 0. The highest BCUT2D eigenvalue weighted by Crippen LogP contribution is 2.21. The highest BCUT2D eigenvalue weighted by Gasteiger charge is 2.31. The third kappa shape index (κ3) is 8.04. The predicted octanol–water partition coefficient (Wildman–Crippen LogP) is 6.33. The summed E-state index contributed by atoms with van der Waals surface area (Å²) in [5.41, 5.74) is 5.61. The average Bonchev–Trinajstić information content (AvgIpc) is 2.91. The van der Waals surface area contributed by atoms with Gasteiger partial charge in [0.05, 0.1) is 0 Å². The number of nitrogens with one attached hydrogen (secondary N) is 1. The molecule has 0 spiro atoms. The molecule has 0 heterocycles. The minimum atomic E-state index is -0.560. The van der Waals surface area contributed by atoms with Crippen LogP contribution in [0.4, 0.5) is 0 Å². The molecule has 1 aliphatic carbocycles. The quantitative estimate of drug-likeness (QED) is 0.357. The fourth-order valence-electron chi connectivity index (χ4n) is 5.26. The summed E-state index contributed by atoms with van der Waals surface area (Å²) in [5, 5.41) is 3.32. The van der Waals surface area contributed by atoms with Crippen LogP contribution in [0.15, 0.2) is 78.9 Å². The van der Waals surface area contributed by atoms with Crippen LogP contribution in [0.1, 0.15) is 66.3 Å². The van der Waals surface area contributed by atoms with E-state index in [-0.39, 0.29) is 17.9 Å². The van der Waals surface area contributed by atoms with Gasteiger partial charge in [0.25, 0.3) is 0 Å². The van der Waals surface area contributed by atoms with Crippen molar-refractivity contribution in [2.75, 3.05) is 0 Å². The highest BCUT2D eigenvalue weighted by molar-refractivity contribution is 5.88. The van der Waals surface area contributed by atoms with Crippen molar-refractivity contribution in [2.24, 2.45) is 0 Å². The monoisotopic (exact) mass is 496 g/mol. The van der Waals surface area contributed by atoms with Crippen LogP contribution in [0.5, 0.6) is 0 Å². The van der Waals surface area contributed by atoms with Crippen molar-refractivity contribution < 1.29 is 9.59 Å². The zero-order valence-corrected chi connectivity index (χ0v) is 22.3. The minimum Gasteiger partial charge on any atom is -0.352 e. The molecule has 1 saturated carbocycles. The first-order valence-corrected chi connectivity index (χ1v) is 13.7. The molecule has 3 aromatic rings. The lowest BCUT2D eigenvalue weighted by atomic mass is 9.94. The molecule has 194 valence electrons. The maximum absolute atomic E-state index is 13.8. The molecule has 4 rings (SSSR count). The Bertz CT molecular complexity index is 1150. The number of aryl methyl sites for hydroxylation is 3. The molecule has 1 N–H and O–H groups in total. The van der Waals surface area contributed by atoms with Crippen LogP contribution >= 0.6 is 0 Å². The number of hydrogen-bond acceptors (Lipinski definition) is 2. The molecule has 0 radical (unpaired) electrons. The maximum atomic E-state index is 13.8. The molecule has 1 fully saturated rings. The molecule has 37 heavy (non-hydrogen) atoms. The number of carbonyl (C=O) groups is 2. The third-order valence-corrected chi connectivity index (χ3v) is 7.41. The molecular weight excluding hydrogens is 456 g/mol. The molecule has 4 heteroatoms. The van der Waals surface area contributed by atoms with Crippen molar-refractivity contribution >= 4 is 11.8 Å². The summed E-state index contributed by atoms with van der Waals surface area (Å²) in [4.78, 5) is 29.5. The summed E-state index contributed by atoms with van der Waals surface area (Å²) in [7, 11) is 0. The van der Waals surface area contributed by atoms with E-state index in [1.54, 1.807) is 0 Å². The van der Waals surface area contributed by atoms with Gasteiger partial charge in [-0.05, 0) is 49.8 Å². The van der Waals surface area contributed by atoms with Gasteiger partial charge in [0, 0.05) is 25.4 Å². The van der Waals surface area contributed by atoms with E-state index in [9.17, 15) is 9.59 Å². The van der Waals surface area contributed by atoms with Gasteiger partial charge in [0.1, 0.15) is 6.04 Å². The first-order valence-electron chi connectivity index (χ1n) is 13.7. The Morgan fingerprint density at radius 1 is 0.811 bits per heavy atom. The number of benzene rings is 3. The minimum absolute atomic E-state index is 0.0156. The number of nitrogens with zero attached hydrogens (tertiary/aromatic N) is 1. The van der Waals surface area contributed by atoms with Crippen molar-refractivity contribution in [3.8, 4) is 0 Å². The Morgan fingerprint density at radius 2 is 1.51 bits per heavy atom. The van der Waals surface area contributed by atoms with Crippen LogP contribution in [0.25, 0.3) is 0 Å². The van der Waals surface area contributed by atoms with Gasteiger partial charge in [-0.15, -0.1) is 0 Å². The molecule has 1 aliphatic rings. The smallest absolute Gasteiger partial charge is 0.243 e. The average molecular weight is 497 g/mol. The molecule has 0 saturated heterocycles. The molecule has 2 amide bonds. The van der Waals surface area contributed by atoms with Crippen LogP contribution in [0.3, 0.4) is 0 Å². The largest absolute Gasteiger partial charge is 0.352 e. The topological polar surface area (TPSA) is 49.4 Å². The van der Waals surface area contributed by atoms with Crippen LogP contribution in [-0.2, 0) is 29.0 Å². The SMILES string of the molecule is Cc1ccc(CCC(=O)N(Cc2cccc(C)c2)[C@@H](Cc2ccccc2)C(=O)NC2CCCCC2)cc1. The van der Waals surface area contributed by atoms with Gasteiger partial charge < -0.3 is 10.2 Å². The maximum Gasteiger partial charge on any atom is 0.243 e. The number of amides is 2. The van der Waals surface area contributed by atoms with Gasteiger partial charge >= 0.3 is 0 Å². The lowest BCUT2D eigenvalue weighted by Crippen LogP contribution is -2.52. The van der Waals surface area contributed by atoms with Gasteiger partial charge in [-0.1, -0.05) is 109 Å². The van der Waals surface area contributed by atoms with Gasteiger partial charge in [-0.25, -0.2) is 0 Å². The number of rotatable bonds is 10. The van der Waals surface area contributed by atoms with E-state index in [1.165, 1.54) is 12.0 Å². The molecule has 0 aliphatic heterocycles. The van der Waals surface area contributed by atoms with E-state index >= 15 is 0 Å². The third-order valence-electron chi connectivity index (χ3n) is 7.41. The molecule has 1 atom stereocenters. The zero-order chi connectivity index (χ0) is 26.0. The van der Waals surface area contributed by atoms with Crippen molar-refractivity contribution in [1.29, 1.82) is 0 Å². The van der Waals surface area contributed by atoms with Crippen LogP contribution < -0.4 is 5.32 Å². The predicted molar refractivity (Wildman–Crippen MR) is 150 cm³/mol. The fourth-order valence-corrected chi connectivity index (χ4v) is 5.26. The van der Waals surface area contributed by atoms with Gasteiger partial charge in [0.2, 0.25) is 11.8 Å². The Balaban J connectivity index is 1.60. The first-order chi connectivity index (χ1) is 18.0. The summed E-state index contributed by atoms with van der Waals surface area (Å²) in [5.74, 6) is -0.0195. The summed E-state index contributed by atoms with van der Waals surface area (Å²) in [6.07, 6.45) is 7.10. The summed E-state index contributed by atoms with van der Waals surface area (Å²) >= 11 is 0. The Kier molecular flexibility index (Phi) is 9.53. The second-order valence-corrected chi connectivity index (χ2v) is 10.5. The van der Waals surface area contributed by atoms with Crippen molar-refractivity contribution in [1.82, 2.24) is 10.2 Å². The lowest BCUT2D eigenvalue weighted by molar-refractivity contribution is -0.141. The Labute approximate surface area is 222 Å². The molecule has 0 unspecified atom stereocenters. The second-order valence-electron chi connectivity index (χ2n) is 10.5. The van der Waals surface area contributed by atoms with Gasteiger partial charge in [-0.3, -0.25) is 9.59 Å². The highest BCUT2D eigenvalue weighted by atomic mass is 16.2. The summed E-state index contributed by atoms with van der Waals surface area (Å²) in [6, 6.07) is 26.3. The number of hydrogen-bond donors (Lipinski definition) is 1. The van der Waals surface area contributed by atoms with E-state index in [0.717, 1.165) is 47.9 Å². The molecule has 0 aromatic heterocycles. The van der Waals surface area contributed by atoms with E-state index in [4.69, 9.17) is 0 Å². The van der Waals surface area contributed by atoms with Crippen molar-refractivity contribution in [3.63, 3.8) is 0 Å². The van der Waals surface area contributed by atoms with Crippen molar-refractivity contribution in [2.45, 2.75) is 83.8 Å². The van der Waals surface area contributed by atoms with Crippen LogP contribution in [-0.4, -0.2) is 28.8 Å². The van der Waals surface area contributed by atoms with E-state index in [2.05, 4.69) is 55.6 Å². The Hall–Kier alpha value is -3.40. The van der Waals surface area contributed by atoms with Crippen molar-refractivity contribution in [3.05, 3.63) is 107 Å². The van der Waals surface area contributed by atoms with E-state index in [1.807, 2.05) is 47.4 Å². The normalized spacial score (nSPS) is 14.6. The molecular formula is C33H40N2O2.